The highest BCUT2D eigenvalue weighted by molar-refractivity contribution is 5.04. The van der Waals surface area contributed by atoms with E-state index in [0.717, 1.165) is 44.9 Å². The summed E-state index contributed by atoms with van der Waals surface area (Å²) in [6.45, 7) is 5.10. The molecule has 2 saturated carbocycles. The first-order valence-corrected chi connectivity index (χ1v) is 6.84. The maximum absolute atomic E-state index is 10.8. The molecule has 0 saturated heterocycles. The van der Waals surface area contributed by atoms with Gasteiger partial charge in [0.1, 0.15) is 5.60 Å². The van der Waals surface area contributed by atoms with Crippen molar-refractivity contribution in [3.8, 4) is 0 Å². The van der Waals surface area contributed by atoms with Gasteiger partial charge in [-0.25, -0.2) is 0 Å². The van der Waals surface area contributed by atoms with Gasteiger partial charge < -0.3 is 10.6 Å². The van der Waals surface area contributed by atoms with Crippen LogP contribution >= 0.6 is 0 Å². The molecule has 2 rings (SSSR count). The first-order valence-electron chi connectivity index (χ1n) is 6.84. The summed E-state index contributed by atoms with van der Waals surface area (Å²) >= 11 is 0. The Balaban J connectivity index is 2.25. The van der Waals surface area contributed by atoms with Gasteiger partial charge in [-0.1, -0.05) is 20.3 Å². The van der Waals surface area contributed by atoms with Crippen LogP contribution in [-0.4, -0.2) is 17.2 Å². The molecule has 0 amide bonds. The minimum Gasteiger partial charge on any atom is -0.330 e. The third-order valence-corrected chi connectivity index (χ3v) is 4.78. The van der Waals surface area contributed by atoms with E-state index in [1.54, 1.807) is 0 Å². The molecule has 5 heteroatoms. The van der Waals surface area contributed by atoms with Crippen molar-refractivity contribution in [3.05, 3.63) is 10.1 Å². The van der Waals surface area contributed by atoms with Gasteiger partial charge in [0.25, 0.3) is 5.09 Å². The smallest absolute Gasteiger partial charge is 0.295 e. The molecule has 3 unspecified atom stereocenters. The summed E-state index contributed by atoms with van der Waals surface area (Å²) in [6, 6.07) is 0. The molecule has 5 nitrogen and oxygen atoms in total. The number of rotatable bonds is 4. The van der Waals surface area contributed by atoms with E-state index in [-0.39, 0.29) is 10.8 Å². The molecule has 0 aromatic rings. The van der Waals surface area contributed by atoms with Crippen LogP contribution in [0.15, 0.2) is 0 Å². The Hall–Kier alpha value is -0.840. The maximum Gasteiger partial charge on any atom is 0.295 e. The Morgan fingerprint density at radius 3 is 2.61 bits per heavy atom. The molecule has 2 aliphatic rings. The number of nitrogens with zero attached hydrogens (tertiary/aromatic N) is 1. The molecule has 3 atom stereocenters. The van der Waals surface area contributed by atoms with E-state index in [1.807, 2.05) is 0 Å². The summed E-state index contributed by atoms with van der Waals surface area (Å²) in [5.74, 6) is 0. The Labute approximate surface area is 108 Å². The molecule has 0 aromatic carbocycles. The fraction of sp³-hybridized carbons (Fsp3) is 1.00. The van der Waals surface area contributed by atoms with Crippen molar-refractivity contribution in [3.63, 3.8) is 0 Å². The van der Waals surface area contributed by atoms with Gasteiger partial charge in [0, 0.05) is 0 Å². The lowest BCUT2D eigenvalue weighted by Crippen LogP contribution is -2.53. The summed E-state index contributed by atoms with van der Waals surface area (Å²) in [7, 11) is 0. The predicted octanol–water partition coefficient (Wildman–Crippen LogP) is 2.66. The predicted molar refractivity (Wildman–Crippen MR) is 68.4 cm³/mol. The van der Waals surface area contributed by atoms with E-state index in [9.17, 15) is 10.1 Å². The van der Waals surface area contributed by atoms with Crippen molar-refractivity contribution in [2.24, 2.45) is 16.6 Å². The number of fused-ring (bicyclic) bond motifs is 2. The normalized spacial score (nSPS) is 43.5. The van der Waals surface area contributed by atoms with Gasteiger partial charge in [-0.15, -0.1) is 10.1 Å². The monoisotopic (exact) mass is 256 g/mol. The largest absolute Gasteiger partial charge is 0.330 e. The van der Waals surface area contributed by atoms with Crippen molar-refractivity contribution in [1.82, 2.24) is 0 Å². The van der Waals surface area contributed by atoms with Crippen molar-refractivity contribution < 1.29 is 9.92 Å². The number of hydrogen-bond acceptors (Lipinski definition) is 4. The van der Waals surface area contributed by atoms with Crippen LogP contribution in [0.4, 0.5) is 0 Å². The average molecular weight is 256 g/mol. The third kappa shape index (κ3) is 2.60. The van der Waals surface area contributed by atoms with E-state index >= 15 is 0 Å². The Morgan fingerprint density at radius 1 is 1.28 bits per heavy atom. The van der Waals surface area contributed by atoms with E-state index < -0.39 is 10.7 Å². The molecule has 2 bridgehead atoms. The summed E-state index contributed by atoms with van der Waals surface area (Å²) in [6.07, 6.45) is 6.61. The zero-order valence-electron chi connectivity index (χ0n) is 11.4. The fourth-order valence-electron chi connectivity index (χ4n) is 4.76. The highest BCUT2D eigenvalue weighted by Crippen LogP contribution is 2.59. The number of nitrogens with two attached hydrogens (primary N) is 1. The molecular formula is C13H24N2O3. The topological polar surface area (TPSA) is 78.4 Å². The highest BCUT2D eigenvalue weighted by atomic mass is 17.0. The molecule has 104 valence electrons. The minimum absolute atomic E-state index is 0.0815. The van der Waals surface area contributed by atoms with E-state index in [1.165, 1.54) is 0 Å². The summed E-state index contributed by atoms with van der Waals surface area (Å²) in [5, 5.41) is 10.2. The van der Waals surface area contributed by atoms with Crippen LogP contribution in [0.2, 0.25) is 0 Å². The zero-order chi connectivity index (χ0) is 13.4. The van der Waals surface area contributed by atoms with Crippen LogP contribution in [-0.2, 0) is 4.84 Å². The second-order valence-electron chi connectivity index (χ2n) is 7.04. The molecule has 2 fully saturated rings. The Bertz CT molecular complexity index is 349. The lowest BCUT2D eigenvalue weighted by Gasteiger charge is -2.56. The molecule has 18 heavy (non-hydrogen) atoms. The summed E-state index contributed by atoms with van der Waals surface area (Å²) in [5.41, 5.74) is 5.41. The van der Waals surface area contributed by atoms with Gasteiger partial charge in [-0.05, 0) is 55.9 Å². The highest BCUT2D eigenvalue weighted by Gasteiger charge is 2.54. The fourth-order valence-corrected chi connectivity index (χ4v) is 4.76. The summed E-state index contributed by atoms with van der Waals surface area (Å²) < 4.78 is 0. The molecule has 0 aromatic heterocycles. The van der Waals surface area contributed by atoms with Crippen LogP contribution in [0.25, 0.3) is 0 Å². The van der Waals surface area contributed by atoms with Gasteiger partial charge in [0.05, 0.1) is 0 Å². The van der Waals surface area contributed by atoms with Crippen LogP contribution in [0.5, 0.6) is 0 Å². The molecule has 2 aliphatic carbocycles. The van der Waals surface area contributed by atoms with Crippen molar-refractivity contribution in [1.29, 1.82) is 0 Å². The SMILES string of the molecule is CC1(CCN)CC2(C)CCCC(O[N+](=O)[O-])(C1)C2. The van der Waals surface area contributed by atoms with Crippen LogP contribution < -0.4 is 5.73 Å². The standard InChI is InChI=1S/C13H24N2O3/c1-11-4-3-5-13(9-11,18-15(16)17)10-12(2,8-11)6-7-14/h3-10,14H2,1-2H3. The molecule has 0 heterocycles. The molecule has 0 spiro atoms. The van der Waals surface area contributed by atoms with Crippen molar-refractivity contribution >= 4 is 0 Å². The molecule has 0 aliphatic heterocycles. The van der Waals surface area contributed by atoms with Crippen molar-refractivity contribution in [2.45, 2.75) is 64.4 Å². The minimum atomic E-state index is -0.597. The number of hydrogen-bond donors (Lipinski definition) is 1. The Kier molecular flexibility index (Phi) is 3.30. The maximum atomic E-state index is 10.8. The lowest BCUT2D eigenvalue weighted by molar-refractivity contribution is -0.785. The van der Waals surface area contributed by atoms with Gasteiger partial charge in [-0.3, -0.25) is 0 Å². The Morgan fingerprint density at radius 2 is 2.00 bits per heavy atom. The zero-order valence-corrected chi connectivity index (χ0v) is 11.4. The third-order valence-electron chi connectivity index (χ3n) is 4.78. The van der Waals surface area contributed by atoms with E-state index in [0.29, 0.717) is 6.54 Å². The van der Waals surface area contributed by atoms with Gasteiger partial charge in [0.15, 0.2) is 0 Å². The first kappa shape index (κ1) is 13.6. The van der Waals surface area contributed by atoms with Gasteiger partial charge in [0.2, 0.25) is 0 Å². The molecule has 2 N–H and O–H groups in total. The van der Waals surface area contributed by atoms with Crippen molar-refractivity contribution in [2.75, 3.05) is 6.54 Å². The van der Waals surface area contributed by atoms with Crippen LogP contribution in [0.3, 0.4) is 0 Å². The second-order valence-corrected chi connectivity index (χ2v) is 7.04. The first-order chi connectivity index (χ1) is 8.31. The average Bonchev–Trinajstić information content (AvgIpc) is 2.11. The molecule has 0 radical (unpaired) electrons. The summed E-state index contributed by atoms with van der Waals surface area (Å²) in [4.78, 5) is 15.9. The van der Waals surface area contributed by atoms with E-state index in [4.69, 9.17) is 10.6 Å². The lowest BCUT2D eigenvalue weighted by atomic mass is 9.52. The quantitative estimate of drug-likeness (QED) is 0.619. The van der Waals surface area contributed by atoms with Crippen LogP contribution in [0.1, 0.15) is 58.8 Å². The molecular weight excluding hydrogens is 232 g/mol. The van der Waals surface area contributed by atoms with Crippen LogP contribution in [0, 0.1) is 20.9 Å². The second kappa shape index (κ2) is 4.37. The van der Waals surface area contributed by atoms with Gasteiger partial charge >= 0.3 is 0 Å². The van der Waals surface area contributed by atoms with Gasteiger partial charge in [-0.2, -0.15) is 0 Å². The van der Waals surface area contributed by atoms with E-state index in [2.05, 4.69) is 13.8 Å².